The Bertz CT molecular complexity index is 343. The van der Waals surface area contributed by atoms with E-state index in [1.54, 1.807) is 0 Å². The number of hydrogen-bond acceptors (Lipinski definition) is 4. The number of rotatable bonds is 6. The molecule has 1 aliphatic rings. The van der Waals surface area contributed by atoms with Crippen LogP contribution in [0.5, 0.6) is 0 Å². The first-order valence-corrected chi connectivity index (χ1v) is 6.96. The monoisotopic (exact) mass is 251 g/mol. The molecule has 0 aromatic carbocycles. The Morgan fingerprint density at radius 3 is 2.78 bits per heavy atom. The van der Waals surface area contributed by atoms with E-state index in [1.807, 2.05) is 6.26 Å². The van der Waals surface area contributed by atoms with Crippen LogP contribution in [-0.4, -0.2) is 49.6 Å². The van der Waals surface area contributed by atoms with Crippen LogP contribution in [-0.2, 0) is 13.1 Å². The number of likely N-dealkylation sites (N-methyl/N-ethyl adjacent to an activating group) is 1. The molecule has 2 heterocycles. The number of nitrogens with one attached hydrogen (secondary N) is 1. The van der Waals surface area contributed by atoms with E-state index >= 15 is 0 Å². The Hall–Kier alpha value is -0.840. The van der Waals surface area contributed by atoms with Crippen molar-refractivity contribution in [3.63, 3.8) is 0 Å². The van der Waals surface area contributed by atoms with Crippen molar-refractivity contribution in [1.29, 1.82) is 0 Å². The molecule has 18 heavy (non-hydrogen) atoms. The van der Waals surface area contributed by atoms with Crippen molar-refractivity contribution in [2.45, 2.75) is 26.4 Å². The van der Waals surface area contributed by atoms with Crippen LogP contribution < -0.4 is 5.32 Å². The van der Waals surface area contributed by atoms with Crippen LogP contribution in [0.3, 0.4) is 0 Å². The molecule has 0 atom stereocenters. The fraction of sp³-hybridized carbons (Fsp3) is 0.714. The van der Waals surface area contributed by atoms with Gasteiger partial charge in [-0.15, -0.1) is 0 Å². The maximum Gasteiger partial charge on any atom is 0.122 e. The van der Waals surface area contributed by atoms with Crippen molar-refractivity contribution in [3.8, 4) is 0 Å². The molecule has 0 aliphatic carbocycles. The maximum absolute atomic E-state index is 5.63. The second kappa shape index (κ2) is 6.92. The van der Waals surface area contributed by atoms with Gasteiger partial charge in [-0.1, -0.05) is 6.92 Å². The first-order valence-electron chi connectivity index (χ1n) is 6.96. The minimum atomic E-state index is 0.924. The van der Waals surface area contributed by atoms with E-state index in [4.69, 9.17) is 4.42 Å². The zero-order chi connectivity index (χ0) is 12.8. The summed E-state index contributed by atoms with van der Waals surface area (Å²) in [7, 11) is 2.18. The van der Waals surface area contributed by atoms with Crippen LogP contribution in [0.4, 0.5) is 0 Å². The first-order chi connectivity index (χ1) is 8.79. The van der Waals surface area contributed by atoms with Crippen LogP contribution in [0.25, 0.3) is 0 Å². The summed E-state index contributed by atoms with van der Waals surface area (Å²) in [6.07, 6.45) is 2.99. The summed E-state index contributed by atoms with van der Waals surface area (Å²) < 4.78 is 5.63. The van der Waals surface area contributed by atoms with Gasteiger partial charge in [-0.05, 0) is 26.1 Å². The van der Waals surface area contributed by atoms with Gasteiger partial charge in [0, 0.05) is 38.3 Å². The molecule has 1 aliphatic heterocycles. The van der Waals surface area contributed by atoms with E-state index in [2.05, 4.69) is 35.2 Å². The standard InChI is InChI=1S/C14H25N3O/c1-3-5-15-11-13-4-10-18-14(13)12-17-8-6-16(2)7-9-17/h4,10,15H,3,5-9,11-12H2,1-2H3. The molecule has 0 bridgehead atoms. The van der Waals surface area contributed by atoms with Crippen LogP contribution in [0.15, 0.2) is 16.7 Å². The van der Waals surface area contributed by atoms with E-state index in [9.17, 15) is 0 Å². The molecular formula is C14H25N3O. The lowest BCUT2D eigenvalue weighted by atomic mass is 10.2. The molecule has 2 rings (SSSR count). The van der Waals surface area contributed by atoms with Gasteiger partial charge in [0.05, 0.1) is 12.8 Å². The lowest BCUT2D eigenvalue weighted by Gasteiger charge is -2.31. The van der Waals surface area contributed by atoms with Crippen LogP contribution >= 0.6 is 0 Å². The average molecular weight is 251 g/mol. The third kappa shape index (κ3) is 3.83. The first kappa shape index (κ1) is 13.6. The number of piperazine rings is 1. The summed E-state index contributed by atoms with van der Waals surface area (Å²) in [5, 5.41) is 3.44. The van der Waals surface area contributed by atoms with Crippen molar-refractivity contribution in [1.82, 2.24) is 15.1 Å². The van der Waals surface area contributed by atoms with Crippen molar-refractivity contribution < 1.29 is 4.42 Å². The van der Waals surface area contributed by atoms with Gasteiger partial charge >= 0.3 is 0 Å². The summed E-state index contributed by atoms with van der Waals surface area (Å²) in [4.78, 5) is 4.85. The van der Waals surface area contributed by atoms with Gasteiger partial charge in [0.15, 0.2) is 0 Å². The molecule has 1 saturated heterocycles. The second-order valence-electron chi connectivity index (χ2n) is 5.13. The zero-order valence-electron chi connectivity index (χ0n) is 11.6. The topological polar surface area (TPSA) is 31.7 Å². The molecule has 1 fully saturated rings. The zero-order valence-corrected chi connectivity index (χ0v) is 11.6. The lowest BCUT2D eigenvalue weighted by molar-refractivity contribution is 0.140. The van der Waals surface area contributed by atoms with Gasteiger partial charge in [0.25, 0.3) is 0 Å². The summed E-state index contributed by atoms with van der Waals surface area (Å²) in [5.41, 5.74) is 1.31. The highest BCUT2D eigenvalue weighted by atomic mass is 16.3. The van der Waals surface area contributed by atoms with Gasteiger partial charge < -0.3 is 14.6 Å². The number of furan rings is 1. The third-order valence-corrected chi connectivity index (χ3v) is 3.54. The number of nitrogens with zero attached hydrogens (tertiary/aromatic N) is 2. The van der Waals surface area contributed by atoms with Crippen LogP contribution in [0, 0.1) is 0 Å². The van der Waals surface area contributed by atoms with Crippen molar-refractivity contribution in [2.75, 3.05) is 39.8 Å². The Morgan fingerprint density at radius 1 is 1.28 bits per heavy atom. The lowest BCUT2D eigenvalue weighted by Crippen LogP contribution is -2.43. The summed E-state index contributed by atoms with van der Waals surface area (Å²) in [5.74, 6) is 1.13. The van der Waals surface area contributed by atoms with Gasteiger partial charge in [0.1, 0.15) is 5.76 Å². The highest BCUT2D eigenvalue weighted by Gasteiger charge is 2.16. The molecule has 4 nitrogen and oxygen atoms in total. The molecule has 1 aromatic rings. The Kier molecular flexibility index (Phi) is 5.23. The molecular weight excluding hydrogens is 226 g/mol. The summed E-state index contributed by atoms with van der Waals surface area (Å²) in [6.45, 7) is 9.72. The van der Waals surface area contributed by atoms with E-state index in [1.165, 1.54) is 12.0 Å². The van der Waals surface area contributed by atoms with Gasteiger partial charge in [0.2, 0.25) is 0 Å². The van der Waals surface area contributed by atoms with E-state index in [0.29, 0.717) is 0 Å². The summed E-state index contributed by atoms with van der Waals surface area (Å²) in [6, 6.07) is 2.09. The molecule has 0 saturated carbocycles. The van der Waals surface area contributed by atoms with Crippen LogP contribution in [0.2, 0.25) is 0 Å². The second-order valence-corrected chi connectivity index (χ2v) is 5.13. The fourth-order valence-electron chi connectivity index (χ4n) is 2.27. The highest BCUT2D eigenvalue weighted by molar-refractivity contribution is 5.16. The summed E-state index contributed by atoms with van der Waals surface area (Å²) >= 11 is 0. The molecule has 0 radical (unpaired) electrons. The SMILES string of the molecule is CCCNCc1ccoc1CN1CCN(C)CC1. The largest absolute Gasteiger partial charge is 0.468 e. The third-order valence-electron chi connectivity index (χ3n) is 3.54. The van der Waals surface area contributed by atoms with Crippen molar-refractivity contribution in [2.24, 2.45) is 0 Å². The fourth-order valence-corrected chi connectivity index (χ4v) is 2.27. The number of hydrogen-bond donors (Lipinski definition) is 1. The molecule has 0 amide bonds. The molecule has 1 aromatic heterocycles. The normalized spacial score (nSPS) is 18.3. The van der Waals surface area contributed by atoms with E-state index in [-0.39, 0.29) is 0 Å². The Balaban J connectivity index is 1.83. The van der Waals surface area contributed by atoms with E-state index in [0.717, 1.165) is 51.6 Å². The quantitative estimate of drug-likeness (QED) is 0.777. The predicted octanol–water partition coefficient (Wildman–Crippen LogP) is 1.53. The van der Waals surface area contributed by atoms with Gasteiger partial charge in [-0.2, -0.15) is 0 Å². The molecule has 1 N–H and O–H groups in total. The van der Waals surface area contributed by atoms with Gasteiger partial charge in [-0.25, -0.2) is 0 Å². The van der Waals surface area contributed by atoms with Crippen molar-refractivity contribution in [3.05, 3.63) is 23.7 Å². The average Bonchev–Trinajstić information content (AvgIpc) is 2.80. The van der Waals surface area contributed by atoms with Crippen molar-refractivity contribution >= 4 is 0 Å². The minimum absolute atomic E-state index is 0.924. The minimum Gasteiger partial charge on any atom is -0.468 e. The highest BCUT2D eigenvalue weighted by Crippen LogP contribution is 2.14. The Morgan fingerprint density at radius 2 is 2.06 bits per heavy atom. The molecule has 4 heteroatoms. The van der Waals surface area contributed by atoms with E-state index < -0.39 is 0 Å². The smallest absolute Gasteiger partial charge is 0.122 e. The molecule has 0 unspecified atom stereocenters. The molecule has 0 spiro atoms. The molecule has 102 valence electrons. The Labute approximate surface area is 110 Å². The maximum atomic E-state index is 5.63. The van der Waals surface area contributed by atoms with Gasteiger partial charge in [-0.3, -0.25) is 4.90 Å². The predicted molar refractivity (Wildman–Crippen MR) is 73.5 cm³/mol. The van der Waals surface area contributed by atoms with Crippen LogP contribution in [0.1, 0.15) is 24.7 Å².